The number of hydrogen-bond donors (Lipinski definition) is 0. The van der Waals surface area contributed by atoms with Gasteiger partial charge < -0.3 is 4.74 Å². The number of hydrogen-bond acceptors (Lipinski definition) is 2. The molecule has 2 aromatic rings. The molecular formula is C21H20O2. The SMILES string of the molecule is CCOC1=CC(C(=O)/C=C/c2ccc3ccccc3c2)=CCC1. The van der Waals surface area contributed by atoms with E-state index in [-0.39, 0.29) is 5.78 Å². The van der Waals surface area contributed by atoms with Crippen molar-refractivity contribution < 1.29 is 9.53 Å². The van der Waals surface area contributed by atoms with Gasteiger partial charge in [-0.05, 0) is 47.9 Å². The van der Waals surface area contributed by atoms with E-state index < -0.39 is 0 Å². The van der Waals surface area contributed by atoms with Crippen molar-refractivity contribution in [3.05, 3.63) is 77.6 Å². The Morgan fingerprint density at radius 1 is 1.17 bits per heavy atom. The number of benzene rings is 2. The van der Waals surface area contributed by atoms with E-state index in [1.165, 1.54) is 10.8 Å². The van der Waals surface area contributed by atoms with E-state index in [9.17, 15) is 4.79 Å². The van der Waals surface area contributed by atoms with Crippen LogP contribution >= 0.6 is 0 Å². The van der Waals surface area contributed by atoms with Crippen LogP contribution in [-0.2, 0) is 9.53 Å². The highest BCUT2D eigenvalue weighted by molar-refractivity contribution is 6.08. The summed E-state index contributed by atoms with van der Waals surface area (Å²) in [7, 11) is 0. The van der Waals surface area contributed by atoms with Gasteiger partial charge in [-0.15, -0.1) is 0 Å². The molecule has 0 spiro atoms. The van der Waals surface area contributed by atoms with E-state index in [2.05, 4.69) is 24.3 Å². The minimum atomic E-state index is 0.0232. The lowest BCUT2D eigenvalue weighted by Gasteiger charge is -2.12. The third-order valence-electron chi connectivity index (χ3n) is 3.89. The van der Waals surface area contributed by atoms with Crippen LogP contribution in [-0.4, -0.2) is 12.4 Å². The fourth-order valence-electron chi connectivity index (χ4n) is 2.73. The fraction of sp³-hybridized carbons (Fsp3) is 0.190. The third kappa shape index (κ3) is 3.78. The predicted molar refractivity (Wildman–Crippen MR) is 95.0 cm³/mol. The van der Waals surface area contributed by atoms with Crippen molar-refractivity contribution in [3.63, 3.8) is 0 Å². The second-order valence-electron chi connectivity index (χ2n) is 5.55. The molecule has 0 atom stereocenters. The van der Waals surface area contributed by atoms with E-state index in [1.54, 1.807) is 6.08 Å². The van der Waals surface area contributed by atoms with Crippen molar-refractivity contribution >= 4 is 22.6 Å². The summed E-state index contributed by atoms with van der Waals surface area (Å²) in [6, 6.07) is 14.4. The van der Waals surface area contributed by atoms with Gasteiger partial charge in [0.2, 0.25) is 0 Å². The predicted octanol–water partition coefficient (Wildman–Crippen LogP) is 5.06. The summed E-state index contributed by atoms with van der Waals surface area (Å²) in [6.45, 7) is 2.60. The Labute approximate surface area is 136 Å². The van der Waals surface area contributed by atoms with Crippen LogP contribution < -0.4 is 0 Å². The van der Waals surface area contributed by atoms with Gasteiger partial charge in [0, 0.05) is 12.0 Å². The molecule has 116 valence electrons. The van der Waals surface area contributed by atoms with Crippen LogP contribution in [0, 0.1) is 0 Å². The molecule has 1 aliphatic carbocycles. The molecule has 0 fully saturated rings. The molecule has 2 heteroatoms. The summed E-state index contributed by atoms with van der Waals surface area (Å²) < 4.78 is 5.52. The van der Waals surface area contributed by atoms with E-state index in [0.717, 1.165) is 29.7 Å². The van der Waals surface area contributed by atoms with Gasteiger partial charge in [0.05, 0.1) is 12.4 Å². The number of fused-ring (bicyclic) bond motifs is 1. The average molecular weight is 304 g/mol. The fourth-order valence-corrected chi connectivity index (χ4v) is 2.73. The van der Waals surface area contributed by atoms with Gasteiger partial charge in [-0.1, -0.05) is 48.6 Å². The Balaban J connectivity index is 1.76. The molecule has 0 amide bonds. The van der Waals surface area contributed by atoms with Crippen molar-refractivity contribution in [1.29, 1.82) is 0 Å². The second-order valence-corrected chi connectivity index (χ2v) is 5.55. The zero-order chi connectivity index (χ0) is 16.1. The quantitative estimate of drug-likeness (QED) is 0.721. The first-order valence-corrected chi connectivity index (χ1v) is 8.01. The first kappa shape index (κ1) is 15.3. The zero-order valence-electron chi connectivity index (χ0n) is 13.3. The van der Waals surface area contributed by atoms with E-state index >= 15 is 0 Å². The monoisotopic (exact) mass is 304 g/mol. The Morgan fingerprint density at radius 3 is 2.83 bits per heavy atom. The standard InChI is InChI=1S/C21H20O2/c1-2-23-20-9-5-8-19(15-20)21(22)13-11-16-10-12-17-6-3-4-7-18(17)14-16/h3-4,6-8,10-15H,2,5,9H2,1H3/b13-11+. The molecule has 0 unspecified atom stereocenters. The van der Waals surface area contributed by atoms with Gasteiger partial charge in [0.1, 0.15) is 0 Å². The number of rotatable bonds is 5. The number of allylic oxidation sites excluding steroid dienone is 5. The largest absolute Gasteiger partial charge is 0.498 e. The van der Waals surface area contributed by atoms with Gasteiger partial charge in [0.15, 0.2) is 5.78 Å². The van der Waals surface area contributed by atoms with Crippen LogP contribution in [0.25, 0.3) is 16.8 Å². The molecule has 23 heavy (non-hydrogen) atoms. The first-order valence-electron chi connectivity index (χ1n) is 8.01. The van der Waals surface area contributed by atoms with Crippen LogP contribution in [0.4, 0.5) is 0 Å². The van der Waals surface area contributed by atoms with Gasteiger partial charge in [0.25, 0.3) is 0 Å². The Morgan fingerprint density at radius 2 is 2.00 bits per heavy atom. The lowest BCUT2D eigenvalue weighted by atomic mass is 10.0. The summed E-state index contributed by atoms with van der Waals surface area (Å²) in [6.07, 6.45) is 9.09. The van der Waals surface area contributed by atoms with E-state index in [4.69, 9.17) is 4.74 Å². The smallest absolute Gasteiger partial charge is 0.185 e. The molecule has 2 aromatic carbocycles. The van der Waals surface area contributed by atoms with Crippen LogP contribution in [0.5, 0.6) is 0 Å². The van der Waals surface area contributed by atoms with Crippen molar-refractivity contribution in [2.45, 2.75) is 19.8 Å². The molecule has 0 heterocycles. The topological polar surface area (TPSA) is 26.3 Å². The molecule has 1 aliphatic rings. The minimum absolute atomic E-state index is 0.0232. The van der Waals surface area contributed by atoms with Crippen molar-refractivity contribution in [2.75, 3.05) is 6.61 Å². The molecule has 0 bridgehead atoms. The average Bonchev–Trinajstić information content (AvgIpc) is 2.60. The van der Waals surface area contributed by atoms with Gasteiger partial charge >= 0.3 is 0 Å². The maximum Gasteiger partial charge on any atom is 0.185 e. The molecule has 0 saturated heterocycles. The van der Waals surface area contributed by atoms with Gasteiger partial charge in [-0.3, -0.25) is 4.79 Å². The van der Waals surface area contributed by atoms with Crippen LogP contribution in [0.3, 0.4) is 0 Å². The highest BCUT2D eigenvalue weighted by Crippen LogP contribution is 2.20. The summed E-state index contributed by atoms with van der Waals surface area (Å²) in [5.74, 6) is 0.924. The maximum atomic E-state index is 12.3. The third-order valence-corrected chi connectivity index (χ3v) is 3.89. The molecule has 0 N–H and O–H groups in total. The summed E-state index contributed by atoms with van der Waals surface area (Å²) >= 11 is 0. The van der Waals surface area contributed by atoms with E-state index in [0.29, 0.717) is 6.61 Å². The molecule has 0 aliphatic heterocycles. The molecule has 2 nitrogen and oxygen atoms in total. The van der Waals surface area contributed by atoms with Gasteiger partial charge in [-0.25, -0.2) is 0 Å². The van der Waals surface area contributed by atoms with Crippen molar-refractivity contribution in [3.8, 4) is 0 Å². The summed E-state index contributed by atoms with van der Waals surface area (Å²) in [4.78, 5) is 12.3. The van der Waals surface area contributed by atoms with Gasteiger partial charge in [-0.2, -0.15) is 0 Å². The highest BCUT2D eigenvalue weighted by Gasteiger charge is 2.10. The summed E-state index contributed by atoms with van der Waals surface area (Å²) in [5.41, 5.74) is 1.75. The number of carbonyl (C=O) groups excluding carboxylic acids is 1. The number of carbonyl (C=O) groups is 1. The molecular weight excluding hydrogens is 284 g/mol. The lowest BCUT2D eigenvalue weighted by molar-refractivity contribution is -0.111. The Bertz CT molecular complexity index is 809. The minimum Gasteiger partial charge on any atom is -0.498 e. The van der Waals surface area contributed by atoms with Crippen LogP contribution in [0.15, 0.2) is 72.0 Å². The second kappa shape index (κ2) is 7.10. The zero-order valence-corrected chi connectivity index (χ0v) is 13.3. The molecule has 3 rings (SSSR count). The maximum absolute atomic E-state index is 12.3. The van der Waals surface area contributed by atoms with Crippen molar-refractivity contribution in [1.82, 2.24) is 0 Å². The lowest BCUT2D eigenvalue weighted by Crippen LogP contribution is -2.03. The Hall–Kier alpha value is -2.61. The van der Waals surface area contributed by atoms with Crippen LogP contribution in [0.1, 0.15) is 25.3 Å². The molecule has 0 saturated carbocycles. The highest BCUT2D eigenvalue weighted by atomic mass is 16.5. The van der Waals surface area contributed by atoms with Crippen molar-refractivity contribution in [2.24, 2.45) is 0 Å². The summed E-state index contributed by atoms with van der Waals surface area (Å²) in [5, 5.41) is 2.38. The van der Waals surface area contributed by atoms with Crippen LogP contribution in [0.2, 0.25) is 0 Å². The van der Waals surface area contributed by atoms with E-state index in [1.807, 2.05) is 43.4 Å². The first-order chi connectivity index (χ1) is 11.3. The number of ether oxygens (including phenoxy) is 1. The Kier molecular flexibility index (Phi) is 4.72. The number of ketones is 1. The molecule has 0 aromatic heterocycles. The normalized spacial score (nSPS) is 14.7. The molecule has 0 radical (unpaired) electrons.